The standard InChI is InChI=1S/C28H29N3O8/c1-14-20(15(2)30-22(14)28(35)39-6)24(32)21-23(17-10-18(36-3)26(38-5)19(11-17)37-4)31(27(34)25(21)33)13-16-8-7-9-29-12-16/h7-12,23,30,32H,13H2,1-6H3. The number of nitrogens with one attached hydrogen (secondary N) is 2. The van der Waals surface area contributed by atoms with Crippen molar-refractivity contribution in [2.24, 2.45) is 0 Å². The van der Waals surface area contributed by atoms with Gasteiger partial charge in [0.1, 0.15) is 5.69 Å². The number of hydrogen-bond acceptors (Lipinski definition) is 8. The van der Waals surface area contributed by atoms with Crippen LogP contribution >= 0.6 is 0 Å². The van der Waals surface area contributed by atoms with E-state index >= 15 is 0 Å². The number of Topliss-reactive ketones (excluding diaryl/α,β-unsaturated/α-hetero) is 1. The molecule has 1 fully saturated rings. The molecule has 39 heavy (non-hydrogen) atoms. The van der Waals surface area contributed by atoms with E-state index in [1.807, 2.05) is 0 Å². The van der Waals surface area contributed by atoms with Crippen molar-refractivity contribution in [1.29, 1.82) is 0 Å². The first kappa shape index (κ1) is 27.2. The molecule has 1 atom stereocenters. The number of aromatic nitrogens is 2. The lowest BCUT2D eigenvalue weighted by Crippen LogP contribution is -2.29. The van der Waals surface area contributed by atoms with Crippen LogP contribution < -0.4 is 24.3 Å². The van der Waals surface area contributed by atoms with Crippen LogP contribution in [0.5, 0.6) is 17.2 Å². The minimum Gasteiger partial charge on any atom is -0.872 e. The Morgan fingerprint density at radius 2 is 1.74 bits per heavy atom. The van der Waals surface area contributed by atoms with Crippen molar-refractivity contribution in [3.05, 3.63) is 75.9 Å². The maximum Gasteiger partial charge on any atom is 0.354 e. The molecule has 11 nitrogen and oxygen atoms in total. The highest BCUT2D eigenvalue weighted by Gasteiger charge is 2.45. The number of likely N-dealkylation sites (tertiary alicyclic amines) is 1. The van der Waals surface area contributed by atoms with Crippen molar-refractivity contribution in [2.45, 2.75) is 26.4 Å². The summed E-state index contributed by atoms with van der Waals surface area (Å²) in [6, 6.07) is 5.69. The number of carbonyl (C=O) groups is 3. The molecule has 0 radical (unpaired) electrons. The molecule has 3 heterocycles. The number of esters is 1. The Morgan fingerprint density at radius 1 is 1.08 bits per heavy atom. The van der Waals surface area contributed by atoms with Crippen molar-refractivity contribution in [1.82, 2.24) is 9.88 Å². The molecule has 1 unspecified atom stereocenters. The summed E-state index contributed by atoms with van der Waals surface area (Å²) in [5.74, 6) is -2.19. The Labute approximate surface area is 225 Å². The van der Waals surface area contributed by atoms with Crippen LogP contribution in [0.1, 0.15) is 44.5 Å². The number of aryl methyl sites for hydroxylation is 1. The molecule has 1 aliphatic heterocycles. The van der Waals surface area contributed by atoms with Crippen LogP contribution in [0.15, 0.2) is 42.2 Å². The predicted octanol–water partition coefficient (Wildman–Crippen LogP) is 1.68. The zero-order valence-corrected chi connectivity index (χ0v) is 22.5. The molecule has 4 rings (SSSR count). The predicted molar refractivity (Wildman–Crippen MR) is 136 cm³/mol. The highest BCUT2D eigenvalue weighted by molar-refractivity contribution is 6.46. The lowest BCUT2D eigenvalue weighted by Gasteiger charge is -2.28. The van der Waals surface area contributed by atoms with Crippen LogP contribution in [0, 0.1) is 13.8 Å². The van der Waals surface area contributed by atoms with Crippen molar-refractivity contribution in [3.63, 3.8) is 0 Å². The molecule has 1 aromatic carbocycles. The van der Waals surface area contributed by atoms with Gasteiger partial charge in [0, 0.05) is 22.9 Å². The number of pyridine rings is 1. The normalized spacial score (nSPS) is 16.4. The Balaban J connectivity index is 1.99. The van der Waals surface area contributed by atoms with Gasteiger partial charge < -0.3 is 33.9 Å². The number of nitrogens with zero attached hydrogens (tertiary/aromatic N) is 1. The van der Waals surface area contributed by atoms with Crippen molar-refractivity contribution in [3.8, 4) is 17.2 Å². The van der Waals surface area contributed by atoms with Gasteiger partial charge in [-0.05, 0) is 48.7 Å². The quantitative estimate of drug-likeness (QED) is 0.199. The third-order valence-electron chi connectivity index (χ3n) is 6.71. The lowest BCUT2D eigenvalue weighted by atomic mass is 9.93. The molecule has 0 saturated carbocycles. The number of methoxy groups -OCH3 is 4. The fourth-order valence-electron chi connectivity index (χ4n) is 4.90. The SMILES string of the molecule is COC(=O)c1[nH]c(C)c(C([O-])=C2C(=O)C(=O)N(Cc3ccc[nH+]c3)C2c2cc(OC)c(OC)c(OC)c2)c1C. The molecule has 2 aromatic heterocycles. The average molecular weight is 536 g/mol. The summed E-state index contributed by atoms with van der Waals surface area (Å²) in [4.78, 5) is 46.4. The van der Waals surface area contributed by atoms with E-state index in [1.165, 1.54) is 33.3 Å². The fraction of sp³-hybridized carbons (Fsp3) is 0.286. The molecule has 204 valence electrons. The summed E-state index contributed by atoms with van der Waals surface area (Å²) >= 11 is 0. The number of benzene rings is 1. The largest absolute Gasteiger partial charge is 0.872 e. The second-order valence-electron chi connectivity index (χ2n) is 8.89. The Hall–Kier alpha value is -4.80. The van der Waals surface area contributed by atoms with E-state index in [4.69, 9.17) is 18.9 Å². The van der Waals surface area contributed by atoms with Crippen molar-refractivity contribution < 1.29 is 43.4 Å². The lowest BCUT2D eigenvalue weighted by molar-refractivity contribution is -0.378. The molecule has 0 aliphatic carbocycles. The van der Waals surface area contributed by atoms with E-state index in [2.05, 4.69) is 9.97 Å². The van der Waals surface area contributed by atoms with E-state index in [0.29, 0.717) is 39.6 Å². The molecule has 0 bridgehead atoms. The van der Waals surface area contributed by atoms with Gasteiger partial charge in [-0.2, -0.15) is 0 Å². The van der Waals surface area contributed by atoms with Crippen LogP contribution in [0.2, 0.25) is 0 Å². The van der Waals surface area contributed by atoms with Gasteiger partial charge in [-0.15, -0.1) is 0 Å². The molecule has 1 amide bonds. The van der Waals surface area contributed by atoms with Crippen LogP contribution in [0.25, 0.3) is 5.76 Å². The van der Waals surface area contributed by atoms with E-state index in [9.17, 15) is 19.5 Å². The van der Waals surface area contributed by atoms with E-state index < -0.39 is 29.5 Å². The number of amides is 1. The number of hydrogen-bond donors (Lipinski definition) is 1. The van der Waals surface area contributed by atoms with Crippen LogP contribution in [0.3, 0.4) is 0 Å². The van der Waals surface area contributed by atoms with Crippen LogP contribution in [0.4, 0.5) is 0 Å². The maximum absolute atomic E-state index is 14.1. The molecule has 1 aliphatic rings. The minimum absolute atomic E-state index is 0.0402. The minimum atomic E-state index is -1.08. The number of aromatic amines is 2. The van der Waals surface area contributed by atoms with Crippen LogP contribution in [-0.2, 0) is 20.9 Å². The summed E-state index contributed by atoms with van der Waals surface area (Å²) < 4.78 is 21.2. The Kier molecular flexibility index (Phi) is 7.61. The third kappa shape index (κ3) is 4.67. The first-order valence-corrected chi connectivity index (χ1v) is 12.0. The second kappa shape index (κ2) is 10.9. The third-order valence-corrected chi connectivity index (χ3v) is 6.71. The molecule has 3 aromatic rings. The topological polar surface area (TPSA) is 144 Å². The summed E-state index contributed by atoms with van der Waals surface area (Å²) in [6.45, 7) is 3.23. The van der Waals surface area contributed by atoms with Gasteiger partial charge in [0.25, 0.3) is 5.91 Å². The average Bonchev–Trinajstić information content (AvgIpc) is 3.38. The van der Waals surface area contributed by atoms with E-state index in [0.717, 1.165) is 0 Å². The number of rotatable bonds is 8. The Morgan fingerprint density at radius 3 is 2.28 bits per heavy atom. The highest BCUT2D eigenvalue weighted by atomic mass is 16.5. The van der Waals surface area contributed by atoms with E-state index in [-0.39, 0.29) is 23.4 Å². The molecule has 11 heteroatoms. The molecular weight excluding hydrogens is 506 g/mol. The van der Waals surface area contributed by atoms with Gasteiger partial charge in [0.15, 0.2) is 23.9 Å². The first-order chi connectivity index (χ1) is 18.7. The number of ether oxygens (including phenoxy) is 4. The molecule has 0 spiro atoms. The molecule has 1 saturated heterocycles. The maximum atomic E-state index is 14.1. The number of carbonyl (C=O) groups excluding carboxylic acids is 3. The monoisotopic (exact) mass is 535 g/mol. The number of ketones is 1. The van der Waals surface area contributed by atoms with Crippen molar-refractivity contribution in [2.75, 3.05) is 28.4 Å². The second-order valence-corrected chi connectivity index (χ2v) is 8.89. The van der Waals surface area contributed by atoms with Gasteiger partial charge in [0.05, 0.1) is 41.0 Å². The Bertz CT molecular complexity index is 1450. The number of H-pyrrole nitrogens is 2. The molecule has 2 N–H and O–H groups in total. The van der Waals surface area contributed by atoms with Crippen LogP contribution in [-0.4, -0.2) is 56.0 Å². The summed E-state index contributed by atoms with van der Waals surface area (Å²) in [5, 5.41) is 14.1. The van der Waals surface area contributed by atoms with Crippen molar-refractivity contribution >= 4 is 23.4 Å². The van der Waals surface area contributed by atoms with Gasteiger partial charge in [-0.1, -0.05) is 5.76 Å². The fourth-order valence-corrected chi connectivity index (χ4v) is 4.90. The highest BCUT2D eigenvalue weighted by Crippen LogP contribution is 2.46. The van der Waals surface area contributed by atoms with Gasteiger partial charge in [0.2, 0.25) is 11.5 Å². The summed E-state index contributed by atoms with van der Waals surface area (Å²) in [6.07, 6.45) is 3.42. The summed E-state index contributed by atoms with van der Waals surface area (Å²) in [7, 11) is 5.57. The first-order valence-electron chi connectivity index (χ1n) is 12.0. The smallest absolute Gasteiger partial charge is 0.354 e. The van der Waals surface area contributed by atoms with Gasteiger partial charge in [-0.3, -0.25) is 9.59 Å². The van der Waals surface area contributed by atoms with Gasteiger partial charge >= 0.3 is 5.97 Å². The molecular formula is C28H29N3O8. The summed E-state index contributed by atoms with van der Waals surface area (Å²) in [5.41, 5.74) is 1.77. The zero-order valence-electron chi connectivity index (χ0n) is 22.5. The zero-order chi connectivity index (χ0) is 28.4. The van der Waals surface area contributed by atoms with E-state index in [1.54, 1.807) is 50.5 Å². The van der Waals surface area contributed by atoms with Gasteiger partial charge in [-0.25, -0.2) is 9.78 Å².